The summed E-state index contributed by atoms with van der Waals surface area (Å²) in [5, 5.41) is 18.6. The second-order valence-corrected chi connectivity index (χ2v) is 13.9. The fraction of sp³-hybridized carbons (Fsp3) is 0.912. The molecule has 0 fully saturated rings. The van der Waals surface area contributed by atoms with Gasteiger partial charge in [0, 0.05) is 12.8 Å². The van der Waals surface area contributed by atoms with E-state index in [1.807, 2.05) is 21.1 Å². The molecule has 0 amide bonds. The highest BCUT2D eigenvalue weighted by molar-refractivity contribution is 7.37. The molecule has 0 aromatic heterocycles. The van der Waals surface area contributed by atoms with Crippen LogP contribution in [-0.2, 0) is 9.36 Å². The summed E-state index contributed by atoms with van der Waals surface area (Å²) in [6.45, 7) is 5.85. The summed E-state index contributed by atoms with van der Waals surface area (Å²) in [5.74, 6) is -0.447. The maximum atomic E-state index is 11.6. The van der Waals surface area contributed by atoms with Gasteiger partial charge in [0.25, 0.3) is 5.78 Å². The summed E-state index contributed by atoms with van der Waals surface area (Å²) >= 11 is 0. The molecule has 0 aliphatic heterocycles. The molecule has 0 aromatic rings. The third-order valence-electron chi connectivity index (χ3n) is 7.68. The van der Waals surface area contributed by atoms with Gasteiger partial charge in [-0.05, 0) is 45.4 Å². The van der Waals surface area contributed by atoms with Crippen molar-refractivity contribution >= 4 is 13.8 Å². The molecule has 0 heterocycles. The third-order valence-corrected chi connectivity index (χ3v) is 9.11. The van der Waals surface area contributed by atoms with Gasteiger partial charge in [0.15, 0.2) is 5.78 Å². The third kappa shape index (κ3) is 29.2. The molecular formula is C34H69NO5P+. The summed E-state index contributed by atoms with van der Waals surface area (Å²) in [7, 11) is 3.50. The van der Waals surface area contributed by atoms with Crippen LogP contribution < -0.4 is 4.89 Å². The maximum Gasteiger partial charge on any atom is 0.373 e. The first-order chi connectivity index (χ1) is 19.5. The van der Waals surface area contributed by atoms with Gasteiger partial charge in [-0.2, -0.15) is 0 Å². The number of aliphatic hydroxyl groups excluding tert-OH is 2. The predicted octanol–water partition coefficient (Wildman–Crippen LogP) is 8.60. The largest absolute Gasteiger partial charge is 0.591 e. The highest BCUT2D eigenvalue weighted by Crippen LogP contribution is 2.29. The van der Waals surface area contributed by atoms with Crippen LogP contribution in [-0.4, -0.2) is 59.6 Å². The van der Waals surface area contributed by atoms with Crippen LogP contribution in [0.3, 0.4) is 0 Å². The lowest BCUT2D eigenvalue weighted by atomic mass is 10.0. The number of quaternary nitrogens is 1. The number of rotatable bonds is 27. The van der Waals surface area contributed by atoms with Gasteiger partial charge in [0.1, 0.15) is 6.10 Å². The molecule has 0 saturated carbocycles. The Bertz CT molecular complexity index is 633. The number of unbranched alkanes of at least 4 members (excludes halogenated alkanes) is 17. The van der Waals surface area contributed by atoms with Crippen LogP contribution in [0.25, 0.3) is 0 Å². The first-order valence-corrected chi connectivity index (χ1v) is 18.2. The Hall–Kier alpha value is -0.650. The number of allylic oxidation sites excluding steroid dienone is 2. The van der Waals surface area contributed by atoms with Crippen molar-refractivity contribution in [3.8, 4) is 0 Å². The fourth-order valence-corrected chi connectivity index (χ4v) is 5.81. The minimum absolute atomic E-state index is 0.221. The molecular weight excluding hydrogens is 533 g/mol. The number of Topliss-reactive ketones (excluding diaryl/α,β-unsaturated/α-hetero) is 1. The average molecular weight is 603 g/mol. The molecule has 2 N–H and O–H groups in total. The maximum absolute atomic E-state index is 11.6. The zero-order chi connectivity index (χ0) is 31.4. The lowest BCUT2D eigenvalue weighted by molar-refractivity contribution is -0.883. The smallest absolute Gasteiger partial charge is 0.373 e. The fourth-order valence-electron chi connectivity index (χ4n) is 4.85. The van der Waals surface area contributed by atoms with Gasteiger partial charge in [0.2, 0.25) is 0 Å². The van der Waals surface area contributed by atoms with Crippen molar-refractivity contribution in [2.75, 3.05) is 21.1 Å². The van der Waals surface area contributed by atoms with E-state index in [9.17, 15) is 24.5 Å². The van der Waals surface area contributed by atoms with E-state index in [0.717, 1.165) is 38.5 Å². The molecule has 4 atom stereocenters. The van der Waals surface area contributed by atoms with Crippen LogP contribution in [0.1, 0.15) is 162 Å². The van der Waals surface area contributed by atoms with Crippen molar-refractivity contribution in [3.63, 3.8) is 0 Å². The summed E-state index contributed by atoms with van der Waals surface area (Å²) in [4.78, 5) is 22.5. The summed E-state index contributed by atoms with van der Waals surface area (Å²) in [6, 6.07) is 0. The molecule has 0 bridgehead atoms. The van der Waals surface area contributed by atoms with Crippen LogP contribution >= 0.6 is 8.03 Å². The van der Waals surface area contributed by atoms with Gasteiger partial charge in [-0.3, -0.25) is 9.28 Å². The zero-order valence-electron chi connectivity index (χ0n) is 28.0. The Balaban J connectivity index is 0. The lowest BCUT2D eigenvalue weighted by Crippen LogP contribution is -2.44. The molecule has 6 nitrogen and oxygen atoms in total. The Morgan fingerprint density at radius 2 is 1.10 bits per heavy atom. The first kappa shape index (κ1) is 42.5. The number of nitrogens with zero attached hydrogens (tertiary/aromatic N) is 1. The van der Waals surface area contributed by atoms with E-state index in [0.29, 0.717) is 10.9 Å². The Kier molecular flexibility index (Phi) is 30.5. The van der Waals surface area contributed by atoms with Gasteiger partial charge >= 0.3 is 8.03 Å². The first-order valence-electron chi connectivity index (χ1n) is 17.0. The van der Waals surface area contributed by atoms with Crippen molar-refractivity contribution < 1.29 is 28.9 Å². The van der Waals surface area contributed by atoms with Crippen LogP contribution in [0.2, 0.25) is 0 Å². The molecule has 0 spiro atoms. The van der Waals surface area contributed by atoms with E-state index in [-0.39, 0.29) is 11.6 Å². The molecule has 0 rings (SSSR count). The number of hydrogen-bond donors (Lipinski definition) is 2. The second-order valence-electron chi connectivity index (χ2n) is 12.8. The highest BCUT2D eigenvalue weighted by atomic mass is 31.1. The van der Waals surface area contributed by atoms with E-state index >= 15 is 0 Å². The molecule has 0 radical (unpaired) electrons. The van der Waals surface area contributed by atoms with E-state index in [1.54, 1.807) is 0 Å². The van der Waals surface area contributed by atoms with Crippen molar-refractivity contribution in [3.05, 3.63) is 12.2 Å². The summed E-state index contributed by atoms with van der Waals surface area (Å²) in [5.41, 5.74) is 0. The summed E-state index contributed by atoms with van der Waals surface area (Å²) < 4.78 is 11.5. The van der Waals surface area contributed by atoms with Crippen molar-refractivity contribution in [2.45, 2.75) is 180 Å². The number of hydrogen-bond acceptors (Lipinski definition) is 5. The normalized spacial score (nSPS) is 14.4. The molecule has 0 saturated heterocycles. The van der Waals surface area contributed by atoms with Gasteiger partial charge in [-0.1, -0.05) is 120 Å². The predicted molar refractivity (Wildman–Crippen MR) is 174 cm³/mol. The number of aliphatic hydroxyl groups is 2. The number of carbonyl (C=O) groups is 1. The van der Waals surface area contributed by atoms with E-state index in [2.05, 4.69) is 26.0 Å². The van der Waals surface area contributed by atoms with Crippen molar-refractivity contribution in [1.82, 2.24) is 0 Å². The van der Waals surface area contributed by atoms with Crippen LogP contribution in [0, 0.1) is 0 Å². The molecule has 0 aliphatic rings. The van der Waals surface area contributed by atoms with Crippen LogP contribution in [0.15, 0.2) is 12.2 Å². The van der Waals surface area contributed by atoms with Gasteiger partial charge in [-0.25, -0.2) is 0 Å². The Labute approximate surface area is 255 Å². The molecule has 7 heteroatoms. The molecule has 244 valence electrons. The van der Waals surface area contributed by atoms with Gasteiger partial charge in [-0.15, -0.1) is 0 Å². The molecule has 4 unspecified atom stereocenters. The lowest BCUT2D eigenvalue weighted by Gasteiger charge is -2.27. The van der Waals surface area contributed by atoms with Crippen LogP contribution in [0.5, 0.6) is 0 Å². The molecule has 0 aromatic carbocycles. The SMILES string of the molecule is CCCCCC([P+](=O)[O-])[N+](C)(C)C.CCCCCCCC/C=C\CCCCCCCCCCCC(=O)C(O)C(C)O. The highest BCUT2D eigenvalue weighted by Gasteiger charge is 2.34. The monoisotopic (exact) mass is 602 g/mol. The quantitative estimate of drug-likeness (QED) is 0.0425. The standard InChI is InChI=1S/C25H48O3.C9H21NO2P/c1-3-4-5-6-7-8-9-10-11-12-13-14-15-16-17-18-19-20-21-22-24(27)25(28)23(2)26;1-5-6-7-8-9(13(11)12)10(2,3)4/h10-11,23,25-26,28H,3-9,12-22H2,1-2H3;9H,5-8H2,1-4H3/q;+1/b11-10-;. The second kappa shape index (κ2) is 29.4. The van der Waals surface area contributed by atoms with Crippen LogP contribution in [0.4, 0.5) is 0 Å². The Morgan fingerprint density at radius 3 is 1.49 bits per heavy atom. The van der Waals surface area contributed by atoms with Gasteiger partial charge < -0.3 is 15.1 Å². The number of ketones is 1. The van der Waals surface area contributed by atoms with E-state index in [1.165, 1.54) is 103 Å². The summed E-state index contributed by atoms with van der Waals surface area (Å²) in [6.07, 6.45) is 28.7. The van der Waals surface area contributed by atoms with E-state index < -0.39 is 20.2 Å². The van der Waals surface area contributed by atoms with Gasteiger partial charge in [0.05, 0.1) is 27.2 Å². The van der Waals surface area contributed by atoms with Crippen molar-refractivity contribution in [2.24, 2.45) is 0 Å². The topological polar surface area (TPSA) is 97.7 Å². The molecule has 41 heavy (non-hydrogen) atoms. The number of carbonyl (C=O) groups excluding carboxylic acids is 1. The average Bonchev–Trinajstić information content (AvgIpc) is 2.91. The minimum Gasteiger partial charge on any atom is -0.591 e. The zero-order valence-corrected chi connectivity index (χ0v) is 28.9. The van der Waals surface area contributed by atoms with Crippen molar-refractivity contribution in [1.29, 1.82) is 0 Å². The minimum atomic E-state index is -2.30. The van der Waals surface area contributed by atoms with E-state index in [4.69, 9.17) is 0 Å². The molecule has 0 aliphatic carbocycles. The Morgan fingerprint density at radius 1 is 0.707 bits per heavy atom.